The van der Waals surface area contributed by atoms with Gasteiger partial charge in [-0.25, -0.2) is 0 Å². The van der Waals surface area contributed by atoms with Crippen LogP contribution in [0.15, 0.2) is 24.3 Å². The fourth-order valence-corrected chi connectivity index (χ4v) is 1.83. The Morgan fingerprint density at radius 2 is 1.92 bits per heavy atom. The lowest BCUT2D eigenvalue weighted by Gasteiger charge is -2.28. The Hall–Kier alpha value is -0.980. The average molecular weight is 174 g/mol. The Kier molecular flexibility index (Phi) is 2.53. The summed E-state index contributed by atoms with van der Waals surface area (Å²) in [7, 11) is 0. The fourth-order valence-electron chi connectivity index (χ4n) is 1.83. The Labute approximate surface area is 80.4 Å². The normalized spacial score (nSPS) is 17.5. The van der Waals surface area contributed by atoms with Gasteiger partial charge in [0.15, 0.2) is 0 Å². The number of piperidine rings is 1. The molecule has 1 nitrogen and oxygen atoms in total. The molecule has 1 aromatic rings. The van der Waals surface area contributed by atoms with Crippen LogP contribution in [-0.4, -0.2) is 13.1 Å². The topological polar surface area (TPSA) is 3.24 Å². The van der Waals surface area contributed by atoms with E-state index in [0.29, 0.717) is 0 Å². The van der Waals surface area contributed by atoms with Crippen LogP contribution in [0.3, 0.4) is 0 Å². The third-order valence-corrected chi connectivity index (χ3v) is 2.57. The van der Waals surface area contributed by atoms with E-state index >= 15 is 0 Å². The van der Waals surface area contributed by atoms with Gasteiger partial charge in [0.25, 0.3) is 0 Å². The summed E-state index contributed by atoms with van der Waals surface area (Å²) in [4.78, 5) is 2.47. The smallest absolute Gasteiger partial charge is 0.0368 e. The van der Waals surface area contributed by atoms with Gasteiger partial charge < -0.3 is 4.90 Å². The molecule has 0 bridgehead atoms. The Morgan fingerprint density at radius 3 is 2.62 bits per heavy atom. The molecular weight excluding hydrogens is 158 g/mol. The third-order valence-electron chi connectivity index (χ3n) is 2.57. The lowest BCUT2D eigenvalue weighted by atomic mass is 10.1. The van der Waals surface area contributed by atoms with Crippen molar-refractivity contribution in [2.75, 3.05) is 18.0 Å². The molecule has 1 heterocycles. The summed E-state index contributed by atoms with van der Waals surface area (Å²) in [5.41, 5.74) is 2.74. The van der Waals surface area contributed by atoms with Crippen molar-refractivity contribution in [1.82, 2.24) is 0 Å². The molecule has 0 amide bonds. The predicted octanol–water partition coefficient (Wildman–Crippen LogP) is 2.80. The lowest BCUT2D eigenvalue weighted by Crippen LogP contribution is -2.29. The highest BCUT2D eigenvalue weighted by molar-refractivity contribution is 5.48. The maximum atomic E-state index is 2.47. The molecule has 1 fully saturated rings. The Bertz CT molecular complexity index is 274. The van der Waals surface area contributed by atoms with Crippen LogP contribution in [0, 0.1) is 13.3 Å². The minimum absolute atomic E-state index is 1.18. The van der Waals surface area contributed by atoms with Gasteiger partial charge >= 0.3 is 0 Å². The highest BCUT2D eigenvalue weighted by Crippen LogP contribution is 2.19. The van der Waals surface area contributed by atoms with Crippen LogP contribution in [0.1, 0.15) is 18.4 Å². The maximum Gasteiger partial charge on any atom is 0.0368 e. The summed E-state index contributed by atoms with van der Waals surface area (Å²) in [6.07, 6.45) is 4.84. The molecule has 69 valence electrons. The molecule has 0 aromatic heterocycles. The van der Waals surface area contributed by atoms with E-state index in [1.54, 1.807) is 0 Å². The number of benzene rings is 1. The van der Waals surface area contributed by atoms with Crippen molar-refractivity contribution < 1.29 is 0 Å². The fraction of sp³-hybridized carbons (Fsp3) is 0.417. The van der Waals surface area contributed by atoms with Gasteiger partial charge in [-0.05, 0) is 43.9 Å². The molecule has 1 saturated heterocycles. The number of hydrogen-bond acceptors (Lipinski definition) is 1. The molecule has 0 atom stereocenters. The SMILES string of the molecule is Cc1cccc(N2CC[CH]CC2)c1. The van der Waals surface area contributed by atoms with Crippen molar-refractivity contribution in [3.63, 3.8) is 0 Å². The van der Waals surface area contributed by atoms with Crippen LogP contribution in [-0.2, 0) is 0 Å². The minimum Gasteiger partial charge on any atom is -0.372 e. The van der Waals surface area contributed by atoms with Crippen LogP contribution in [0.5, 0.6) is 0 Å². The van der Waals surface area contributed by atoms with Crippen molar-refractivity contribution in [3.05, 3.63) is 36.2 Å². The van der Waals surface area contributed by atoms with E-state index in [1.807, 2.05) is 0 Å². The molecule has 0 spiro atoms. The molecular formula is C12H16N. The van der Waals surface area contributed by atoms with Gasteiger partial charge in [-0.2, -0.15) is 0 Å². The molecule has 1 radical (unpaired) electrons. The van der Waals surface area contributed by atoms with Gasteiger partial charge in [0, 0.05) is 18.8 Å². The second-order valence-corrected chi connectivity index (χ2v) is 3.69. The van der Waals surface area contributed by atoms with Crippen LogP contribution >= 0.6 is 0 Å². The second-order valence-electron chi connectivity index (χ2n) is 3.69. The molecule has 0 N–H and O–H groups in total. The van der Waals surface area contributed by atoms with Crippen molar-refractivity contribution >= 4 is 5.69 Å². The summed E-state index contributed by atoms with van der Waals surface area (Å²) >= 11 is 0. The van der Waals surface area contributed by atoms with Gasteiger partial charge in [-0.3, -0.25) is 0 Å². The Morgan fingerprint density at radius 1 is 1.15 bits per heavy atom. The first kappa shape index (κ1) is 8.61. The first-order valence-electron chi connectivity index (χ1n) is 4.99. The van der Waals surface area contributed by atoms with E-state index in [1.165, 1.54) is 37.2 Å². The molecule has 1 aromatic carbocycles. The monoisotopic (exact) mass is 174 g/mol. The summed E-state index contributed by atoms with van der Waals surface area (Å²) < 4.78 is 0. The predicted molar refractivity (Wildman–Crippen MR) is 56.9 cm³/mol. The summed E-state index contributed by atoms with van der Waals surface area (Å²) in [6.45, 7) is 4.52. The molecule has 13 heavy (non-hydrogen) atoms. The van der Waals surface area contributed by atoms with Crippen molar-refractivity contribution in [2.45, 2.75) is 19.8 Å². The van der Waals surface area contributed by atoms with Gasteiger partial charge in [0.2, 0.25) is 0 Å². The zero-order valence-corrected chi connectivity index (χ0v) is 8.16. The lowest BCUT2D eigenvalue weighted by molar-refractivity contribution is 0.679. The molecule has 1 heteroatoms. The molecule has 0 aliphatic carbocycles. The minimum atomic E-state index is 1.18. The van der Waals surface area contributed by atoms with E-state index in [2.05, 4.69) is 42.5 Å². The van der Waals surface area contributed by atoms with Crippen LogP contribution in [0.2, 0.25) is 0 Å². The molecule has 0 unspecified atom stereocenters. The quantitative estimate of drug-likeness (QED) is 0.632. The summed E-state index contributed by atoms with van der Waals surface area (Å²) in [6, 6.07) is 8.77. The third kappa shape index (κ3) is 2.03. The van der Waals surface area contributed by atoms with Crippen LogP contribution < -0.4 is 4.90 Å². The van der Waals surface area contributed by atoms with E-state index in [0.717, 1.165) is 0 Å². The van der Waals surface area contributed by atoms with Gasteiger partial charge in [0.05, 0.1) is 0 Å². The number of nitrogens with zero attached hydrogens (tertiary/aromatic N) is 1. The summed E-state index contributed by atoms with van der Waals surface area (Å²) in [5, 5.41) is 0. The number of rotatable bonds is 1. The van der Waals surface area contributed by atoms with Crippen LogP contribution in [0.25, 0.3) is 0 Å². The van der Waals surface area contributed by atoms with E-state index in [4.69, 9.17) is 0 Å². The van der Waals surface area contributed by atoms with Crippen molar-refractivity contribution in [3.8, 4) is 0 Å². The van der Waals surface area contributed by atoms with E-state index in [9.17, 15) is 0 Å². The largest absolute Gasteiger partial charge is 0.372 e. The maximum absolute atomic E-state index is 2.47. The highest BCUT2D eigenvalue weighted by atomic mass is 15.1. The highest BCUT2D eigenvalue weighted by Gasteiger charge is 2.10. The molecule has 1 aliphatic rings. The molecule has 2 rings (SSSR count). The first-order chi connectivity index (χ1) is 6.36. The second kappa shape index (κ2) is 3.82. The van der Waals surface area contributed by atoms with E-state index in [-0.39, 0.29) is 0 Å². The molecule has 1 aliphatic heterocycles. The molecule has 0 saturated carbocycles. The van der Waals surface area contributed by atoms with Gasteiger partial charge in [-0.1, -0.05) is 12.1 Å². The summed E-state index contributed by atoms with van der Waals surface area (Å²) in [5.74, 6) is 0. The van der Waals surface area contributed by atoms with Crippen molar-refractivity contribution in [2.24, 2.45) is 0 Å². The zero-order chi connectivity index (χ0) is 9.10. The van der Waals surface area contributed by atoms with Gasteiger partial charge in [-0.15, -0.1) is 0 Å². The average Bonchev–Trinajstić information content (AvgIpc) is 2.19. The van der Waals surface area contributed by atoms with Gasteiger partial charge in [0.1, 0.15) is 0 Å². The first-order valence-corrected chi connectivity index (χ1v) is 4.99. The zero-order valence-electron chi connectivity index (χ0n) is 8.16. The Balaban J connectivity index is 2.14. The number of anilines is 1. The van der Waals surface area contributed by atoms with Crippen molar-refractivity contribution in [1.29, 1.82) is 0 Å². The van der Waals surface area contributed by atoms with E-state index < -0.39 is 0 Å². The standard InChI is InChI=1S/C12H16N/c1-11-6-5-7-12(10-11)13-8-3-2-4-9-13/h2,5-7,10H,3-4,8-9H2,1H3. The number of hydrogen-bond donors (Lipinski definition) is 0. The van der Waals surface area contributed by atoms with Crippen LogP contribution in [0.4, 0.5) is 5.69 Å². The number of aryl methyl sites for hydroxylation is 1.